The van der Waals surface area contributed by atoms with Gasteiger partial charge in [0.25, 0.3) is 0 Å². The van der Waals surface area contributed by atoms with E-state index in [1.165, 1.54) is 37.2 Å². The maximum atomic E-state index is 4.94. The molecule has 1 N–H and O–H groups in total. The molecule has 5 heteroatoms. The van der Waals surface area contributed by atoms with Crippen LogP contribution >= 0.6 is 11.8 Å². The lowest BCUT2D eigenvalue weighted by Crippen LogP contribution is -2.43. The van der Waals surface area contributed by atoms with Crippen LogP contribution in [-0.2, 0) is 0 Å². The number of hydrogen-bond donors (Lipinski definition) is 1. The Balaban J connectivity index is 1.53. The van der Waals surface area contributed by atoms with Crippen LogP contribution in [-0.4, -0.2) is 66.3 Å². The highest BCUT2D eigenvalue weighted by atomic mass is 32.2. The van der Waals surface area contributed by atoms with Crippen LogP contribution < -0.4 is 5.32 Å². The highest BCUT2D eigenvalue weighted by Gasteiger charge is 2.30. The van der Waals surface area contributed by atoms with E-state index in [1.807, 2.05) is 11.8 Å². The standard InChI is InChI=1S/C20H32N4S/c1-3-21-20(22-15-17(2)25-19-9-5-4-6-10-19)24-14-11-18(16-24)23-12-7-8-13-23/h4-6,9-10,17-18H,3,7-8,11-16H2,1-2H3,(H,21,22). The fraction of sp³-hybridized carbons (Fsp3) is 0.650. The molecule has 0 amide bonds. The molecule has 3 rings (SSSR count). The average Bonchev–Trinajstić information content (AvgIpc) is 3.30. The van der Waals surface area contributed by atoms with Crippen molar-refractivity contribution >= 4 is 17.7 Å². The lowest BCUT2D eigenvalue weighted by atomic mass is 10.2. The van der Waals surface area contributed by atoms with Crippen molar-refractivity contribution < 1.29 is 0 Å². The Hall–Kier alpha value is -1.20. The highest BCUT2D eigenvalue weighted by Crippen LogP contribution is 2.23. The van der Waals surface area contributed by atoms with E-state index in [1.54, 1.807) is 0 Å². The molecule has 2 aliphatic rings. The number of rotatable bonds is 6. The summed E-state index contributed by atoms with van der Waals surface area (Å²) in [6.07, 6.45) is 4.02. The maximum absolute atomic E-state index is 4.94. The minimum Gasteiger partial charge on any atom is -0.357 e. The van der Waals surface area contributed by atoms with Gasteiger partial charge in [0, 0.05) is 35.8 Å². The van der Waals surface area contributed by atoms with Crippen molar-refractivity contribution in [2.45, 2.75) is 49.3 Å². The smallest absolute Gasteiger partial charge is 0.194 e. The third kappa shape index (κ3) is 5.38. The molecular formula is C20H32N4S. The number of nitrogens with one attached hydrogen (secondary N) is 1. The first-order chi connectivity index (χ1) is 12.3. The lowest BCUT2D eigenvalue weighted by molar-refractivity contribution is 0.249. The topological polar surface area (TPSA) is 30.9 Å². The number of guanidine groups is 1. The number of hydrogen-bond acceptors (Lipinski definition) is 3. The summed E-state index contributed by atoms with van der Waals surface area (Å²) >= 11 is 1.91. The summed E-state index contributed by atoms with van der Waals surface area (Å²) in [4.78, 5) is 11.4. The first-order valence-electron chi connectivity index (χ1n) is 9.75. The van der Waals surface area contributed by atoms with Gasteiger partial charge in [0.1, 0.15) is 0 Å². The summed E-state index contributed by atoms with van der Waals surface area (Å²) in [6.45, 7) is 11.1. The molecule has 2 atom stereocenters. The van der Waals surface area contributed by atoms with Gasteiger partial charge in [-0.3, -0.25) is 9.89 Å². The van der Waals surface area contributed by atoms with Gasteiger partial charge in [0.2, 0.25) is 0 Å². The van der Waals surface area contributed by atoms with E-state index < -0.39 is 0 Å². The molecule has 138 valence electrons. The SMILES string of the molecule is CCNC(=NCC(C)Sc1ccccc1)N1CCC(N2CCCC2)C1. The minimum absolute atomic E-state index is 0.480. The van der Waals surface area contributed by atoms with Gasteiger partial charge in [-0.05, 0) is 51.4 Å². The van der Waals surface area contributed by atoms with Crippen LogP contribution in [0.15, 0.2) is 40.2 Å². The molecule has 2 aliphatic heterocycles. The van der Waals surface area contributed by atoms with E-state index >= 15 is 0 Å². The molecule has 0 aromatic heterocycles. The fourth-order valence-corrected chi connectivity index (χ4v) is 4.68. The number of thioether (sulfide) groups is 1. The van der Waals surface area contributed by atoms with Gasteiger partial charge in [-0.1, -0.05) is 25.1 Å². The summed E-state index contributed by atoms with van der Waals surface area (Å²) < 4.78 is 0. The summed E-state index contributed by atoms with van der Waals surface area (Å²) in [7, 11) is 0. The molecule has 2 fully saturated rings. The predicted octanol–water partition coefficient (Wildman–Crippen LogP) is 3.30. The van der Waals surface area contributed by atoms with Gasteiger partial charge in [-0.25, -0.2) is 0 Å². The quantitative estimate of drug-likeness (QED) is 0.479. The second-order valence-electron chi connectivity index (χ2n) is 7.07. The van der Waals surface area contributed by atoms with Crippen LogP contribution in [0.5, 0.6) is 0 Å². The highest BCUT2D eigenvalue weighted by molar-refractivity contribution is 8.00. The first kappa shape index (κ1) is 18.6. The van der Waals surface area contributed by atoms with Crippen LogP contribution in [0, 0.1) is 0 Å². The van der Waals surface area contributed by atoms with Crippen LogP contribution in [0.25, 0.3) is 0 Å². The van der Waals surface area contributed by atoms with E-state index in [0.29, 0.717) is 5.25 Å². The molecular weight excluding hydrogens is 328 g/mol. The predicted molar refractivity (Wildman–Crippen MR) is 109 cm³/mol. The van der Waals surface area contributed by atoms with Gasteiger partial charge in [0.15, 0.2) is 5.96 Å². The van der Waals surface area contributed by atoms with Crippen molar-refractivity contribution in [3.05, 3.63) is 30.3 Å². The van der Waals surface area contributed by atoms with Gasteiger partial charge < -0.3 is 10.2 Å². The molecule has 0 spiro atoms. The maximum Gasteiger partial charge on any atom is 0.194 e. The van der Waals surface area contributed by atoms with Crippen molar-refractivity contribution in [1.82, 2.24) is 15.1 Å². The van der Waals surface area contributed by atoms with Crippen LogP contribution in [0.2, 0.25) is 0 Å². The molecule has 0 radical (unpaired) electrons. The first-order valence-corrected chi connectivity index (χ1v) is 10.6. The van der Waals surface area contributed by atoms with Crippen molar-refractivity contribution in [1.29, 1.82) is 0 Å². The summed E-state index contributed by atoms with van der Waals surface area (Å²) in [5.41, 5.74) is 0. The van der Waals surface area contributed by atoms with Crippen LogP contribution in [0.3, 0.4) is 0 Å². The molecule has 2 unspecified atom stereocenters. The molecule has 0 aliphatic carbocycles. The van der Waals surface area contributed by atoms with Crippen molar-refractivity contribution in [3.63, 3.8) is 0 Å². The zero-order valence-corrected chi connectivity index (χ0v) is 16.5. The summed E-state index contributed by atoms with van der Waals surface area (Å²) in [5.74, 6) is 1.10. The summed E-state index contributed by atoms with van der Waals surface area (Å²) in [6, 6.07) is 11.4. The minimum atomic E-state index is 0.480. The number of aliphatic imine (C=N–C) groups is 1. The molecule has 1 aromatic carbocycles. The zero-order valence-electron chi connectivity index (χ0n) is 15.7. The molecule has 0 bridgehead atoms. The van der Waals surface area contributed by atoms with E-state index in [4.69, 9.17) is 4.99 Å². The van der Waals surface area contributed by atoms with Crippen molar-refractivity contribution in [2.24, 2.45) is 4.99 Å². The monoisotopic (exact) mass is 360 g/mol. The molecule has 1 aromatic rings. The second-order valence-corrected chi connectivity index (χ2v) is 8.58. The third-order valence-corrected chi connectivity index (χ3v) is 6.13. The fourth-order valence-electron chi connectivity index (χ4n) is 3.75. The number of likely N-dealkylation sites (tertiary alicyclic amines) is 2. The zero-order chi connectivity index (χ0) is 17.5. The van der Waals surface area contributed by atoms with Gasteiger partial charge in [0.05, 0.1) is 6.54 Å². The summed E-state index contributed by atoms with van der Waals surface area (Å²) in [5, 5.41) is 3.98. The van der Waals surface area contributed by atoms with E-state index in [9.17, 15) is 0 Å². The van der Waals surface area contributed by atoms with Crippen LogP contribution in [0.1, 0.15) is 33.1 Å². The third-order valence-electron chi connectivity index (χ3n) is 5.03. The molecule has 4 nitrogen and oxygen atoms in total. The van der Waals surface area contributed by atoms with Crippen molar-refractivity contribution in [2.75, 3.05) is 39.3 Å². The Kier molecular flexibility index (Phi) is 7.05. The molecule has 2 saturated heterocycles. The Morgan fingerprint density at radius 2 is 2.00 bits per heavy atom. The van der Waals surface area contributed by atoms with Crippen molar-refractivity contribution in [3.8, 4) is 0 Å². The Morgan fingerprint density at radius 3 is 2.72 bits per heavy atom. The van der Waals surface area contributed by atoms with Gasteiger partial charge in [-0.15, -0.1) is 11.8 Å². The Bertz CT molecular complexity index is 542. The Morgan fingerprint density at radius 1 is 1.24 bits per heavy atom. The molecule has 2 heterocycles. The lowest BCUT2D eigenvalue weighted by Gasteiger charge is -2.25. The van der Waals surface area contributed by atoms with Gasteiger partial charge >= 0.3 is 0 Å². The van der Waals surface area contributed by atoms with E-state index in [-0.39, 0.29) is 0 Å². The average molecular weight is 361 g/mol. The second kappa shape index (κ2) is 9.48. The van der Waals surface area contributed by atoms with E-state index in [0.717, 1.165) is 38.2 Å². The number of nitrogens with zero attached hydrogens (tertiary/aromatic N) is 3. The normalized spacial score (nSPS) is 23.2. The Labute approximate surface area is 157 Å². The molecule has 0 saturated carbocycles. The van der Waals surface area contributed by atoms with E-state index in [2.05, 4.69) is 59.3 Å². The van der Waals surface area contributed by atoms with Gasteiger partial charge in [-0.2, -0.15) is 0 Å². The number of benzene rings is 1. The van der Waals surface area contributed by atoms with Crippen LogP contribution in [0.4, 0.5) is 0 Å². The largest absolute Gasteiger partial charge is 0.357 e. The molecule has 25 heavy (non-hydrogen) atoms.